The van der Waals surface area contributed by atoms with E-state index < -0.39 is 0 Å². The zero-order valence-corrected chi connectivity index (χ0v) is 20.1. The summed E-state index contributed by atoms with van der Waals surface area (Å²) in [6.07, 6.45) is 13.9. The van der Waals surface area contributed by atoms with Gasteiger partial charge in [-0.05, 0) is 71.1 Å². The predicted octanol–water partition coefficient (Wildman–Crippen LogP) is 6.98. The lowest BCUT2D eigenvalue weighted by molar-refractivity contribution is 0.127. The third kappa shape index (κ3) is 7.86. The maximum atomic E-state index is 5.63. The maximum Gasteiger partial charge on any atom is 0.234 e. The van der Waals surface area contributed by atoms with Crippen LogP contribution < -0.4 is 0 Å². The number of unbranched alkanes of at least 4 members (excludes halogenated alkanes) is 8. The van der Waals surface area contributed by atoms with Crippen LogP contribution in [0.15, 0.2) is 12.1 Å². The third-order valence-electron chi connectivity index (χ3n) is 6.04. The molecule has 4 nitrogen and oxygen atoms in total. The Kier molecular flexibility index (Phi) is 11.1. The molecule has 0 aliphatic carbocycles. The highest BCUT2D eigenvalue weighted by molar-refractivity contribution is 5.32. The van der Waals surface area contributed by atoms with Crippen molar-refractivity contribution >= 4 is 0 Å². The molecule has 2 aromatic heterocycles. The van der Waals surface area contributed by atoms with Crippen LogP contribution in [-0.2, 0) is 11.2 Å². The number of aryl methyl sites for hydroxylation is 4. The smallest absolute Gasteiger partial charge is 0.234 e. The van der Waals surface area contributed by atoms with Crippen molar-refractivity contribution in [1.82, 2.24) is 14.5 Å². The molecule has 0 unspecified atom stereocenters. The van der Waals surface area contributed by atoms with Gasteiger partial charge in [-0.2, -0.15) is 0 Å². The topological polar surface area (TPSA) is 39.9 Å². The van der Waals surface area contributed by atoms with Crippen molar-refractivity contribution in [3.8, 4) is 5.95 Å². The number of rotatable bonds is 15. The molecule has 30 heavy (non-hydrogen) atoms. The van der Waals surface area contributed by atoms with Gasteiger partial charge >= 0.3 is 0 Å². The van der Waals surface area contributed by atoms with Crippen LogP contribution >= 0.6 is 0 Å². The molecule has 2 heterocycles. The minimum absolute atomic E-state index is 0.826. The molecule has 0 fully saturated rings. The van der Waals surface area contributed by atoms with Gasteiger partial charge in [-0.1, -0.05) is 51.9 Å². The number of hydrogen-bond acceptors (Lipinski definition) is 3. The van der Waals surface area contributed by atoms with E-state index in [4.69, 9.17) is 14.7 Å². The summed E-state index contributed by atoms with van der Waals surface area (Å²) in [5.41, 5.74) is 5.94. The van der Waals surface area contributed by atoms with Crippen molar-refractivity contribution in [1.29, 1.82) is 0 Å². The van der Waals surface area contributed by atoms with E-state index in [1.54, 1.807) is 0 Å². The molecule has 0 amide bonds. The Bertz CT molecular complexity index is 731. The largest absolute Gasteiger partial charge is 0.381 e. The van der Waals surface area contributed by atoms with E-state index in [-0.39, 0.29) is 0 Å². The molecular weight excluding hydrogens is 370 g/mol. The Morgan fingerprint density at radius 2 is 1.30 bits per heavy atom. The van der Waals surface area contributed by atoms with Gasteiger partial charge in [0.25, 0.3) is 0 Å². The molecule has 0 aliphatic rings. The Labute approximate surface area is 184 Å². The fraction of sp³-hybridized carbons (Fsp3) is 0.692. The molecule has 0 radical (unpaired) electrons. The third-order valence-corrected chi connectivity index (χ3v) is 6.04. The number of ether oxygens (including phenoxy) is 1. The van der Waals surface area contributed by atoms with Gasteiger partial charge in [0, 0.05) is 36.0 Å². The van der Waals surface area contributed by atoms with E-state index in [2.05, 4.69) is 51.3 Å². The van der Waals surface area contributed by atoms with Gasteiger partial charge in [0.05, 0.1) is 0 Å². The average Bonchev–Trinajstić information content (AvgIpc) is 3.06. The monoisotopic (exact) mass is 413 g/mol. The van der Waals surface area contributed by atoms with Crippen molar-refractivity contribution in [3.05, 3.63) is 40.5 Å². The number of hydrogen-bond donors (Lipinski definition) is 0. The molecule has 0 atom stereocenters. The zero-order chi connectivity index (χ0) is 21.8. The molecule has 2 aromatic rings. The molecule has 0 saturated heterocycles. The molecule has 0 aromatic carbocycles. The maximum absolute atomic E-state index is 5.63. The minimum Gasteiger partial charge on any atom is -0.381 e. The summed E-state index contributed by atoms with van der Waals surface area (Å²) in [5, 5.41) is 0. The first kappa shape index (κ1) is 24.6. The molecular formula is C26H43N3O. The fourth-order valence-corrected chi connectivity index (χ4v) is 3.91. The molecule has 0 N–H and O–H groups in total. The molecule has 0 bridgehead atoms. The average molecular weight is 414 g/mol. The number of nitrogens with zero attached hydrogens (tertiary/aromatic N) is 3. The molecule has 0 aliphatic heterocycles. The molecule has 4 heteroatoms. The second-order valence-corrected chi connectivity index (χ2v) is 8.68. The van der Waals surface area contributed by atoms with Crippen molar-refractivity contribution in [2.75, 3.05) is 13.2 Å². The van der Waals surface area contributed by atoms with Gasteiger partial charge in [0.15, 0.2) is 0 Å². The van der Waals surface area contributed by atoms with Crippen LogP contribution in [0.1, 0.15) is 99.5 Å². The molecule has 168 valence electrons. The Balaban J connectivity index is 1.66. The van der Waals surface area contributed by atoms with Crippen LogP contribution in [0.5, 0.6) is 0 Å². The van der Waals surface area contributed by atoms with E-state index >= 15 is 0 Å². The first-order chi connectivity index (χ1) is 14.5. The van der Waals surface area contributed by atoms with Gasteiger partial charge < -0.3 is 4.74 Å². The summed E-state index contributed by atoms with van der Waals surface area (Å²) < 4.78 is 7.78. The normalized spacial score (nSPS) is 11.4. The second-order valence-electron chi connectivity index (χ2n) is 8.68. The van der Waals surface area contributed by atoms with Crippen molar-refractivity contribution < 1.29 is 4.74 Å². The van der Waals surface area contributed by atoms with E-state index in [9.17, 15) is 0 Å². The highest BCUT2D eigenvalue weighted by Crippen LogP contribution is 2.19. The van der Waals surface area contributed by atoms with Crippen molar-refractivity contribution in [2.45, 2.75) is 105 Å². The van der Waals surface area contributed by atoms with Crippen molar-refractivity contribution in [2.24, 2.45) is 0 Å². The van der Waals surface area contributed by atoms with Crippen molar-refractivity contribution in [3.63, 3.8) is 0 Å². The van der Waals surface area contributed by atoms with Gasteiger partial charge in [-0.15, -0.1) is 0 Å². The molecule has 0 saturated carbocycles. The highest BCUT2D eigenvalue weighted by Gasteiger charge is 2.12. The van der Waals surface area contributed by atoms with E-state index in [1.165, 1.54) is 86.9 Å². The first-order valence-electron chi connectivity index (χ1n) is 12.1. The SMILES string of the molecule is CCCCOCCCCCCCCCCc1nc(-n2c(C)ccc2C)nc(C)c1C. The van der Waals surface area contributed by atoms with Gasteiger partial charge in [-0.3, -0.25) is 4.57 Å². The summed E-state index contributed by atoms with van der Waals surface area (Å²) in [7, 11) is 0. The molecule has 2 rings (SSSR count). The summed E-state index contributed by atoms with van der Waals surface area (Å²) in [5.74, 6) is 0.826. The lowest BCUT2D eigenvalue weighted by Gasteiger charge is -2.13. The standard InChI is InChI=1S/C26H43N3O/c1-6-7-19-30-20-15-13-11-9-8-10-12-14-16-25-23(4)24(5)27-26(28-25)29-21(2)17-18-22(29)3/h17-18H,6-16,19-20H2,1-5H3. The van der Waals surface area contributed by atoms with Crippen LogP contribution in [0, 0.1) is 27.7 Å². The zero-order valence-electron chi connectivity index (χ0n) is 20.1. The summed E-state index contributed by atoms with van der Waals surface area (Å²) >= 11 is 0. The summed E-state index contributed by atoms with van der Waals surface area (Å²) in [4.78, 5) is 9.69. The van der Waals surface area contributed by atoms with Gasteiger partial charge in [-0.25, -0.2) is 9.97 Å². The predicted molar refractivity (Wildman–Crippen MR) is 127 cm³/mol. The first-order valence-corrected chi connectivity index (χ1v) is 12.1. The minimum atomic E-state index is 0.826. The Hall–Kier alpha value is -1.68. The Morgan fingerprint density at radius 3 is 1.93 bits per heavy atom. The van der Waals surface area contributed by atoms with Gasteiger partial charge in [0.1, 0.15) is 0 Å². The second kappa shape index (κ2) is 13.6. The highest BCUT2D eigenvalue weighted by atomic mass is 16.5. The van der Waals surface area contributed by atoms with Crippen LogP contribution in [0.25, 0.3) is 5.95 Å². The van der Waals surface area contributed by atoms with E-state index in [1.807, 2.05) is 0 Å². The lowest BCUT2D eigenvalue weighted by atomic mass is 10.0. The Morgan fingerprint density at radius 1 is 0.733 bits per heavy atom. The van der Waals surface area contributed by atoms with Crippen LogP contribution in [0.2, 0.25) is 0 Å². The fourth-order valence-electron chi connectivity index (χ4n) is 3.91. The summed E-state index contributed by atoms with van der Waals surface area (Å²) in [6, 6.07) is 4.26. The van der Waals surface area contributed by atoms with E-state index in [0.717, 1.165) is 31.3 Å². The number of aromatic nitrogens is 3. The van der Waals surface area contributed by atoms with Crippen LogP contribution in [0.4, 0.5) is 0 Å². The van der Waals surface area contributed by atoms with Gasteiger partial charge in [0.2, 0.25) is 5.95 Å². The van der Waals surface area contributed by atoms with Crippen LogP contribution in [-0.4, -0.2) is 27.7 Å². The van der Waals surface area contributed by atoms with E-state index in [0.29, 0.717) is 0 Å². The quantitative estimate of drug-likeness (QED) is 0.296. The van der Waals surface area contributed by atoms with Crippen LogP contribution in [0.3, 0.4) is 0 Å². The lowest BCUT2D eigenvalue weighted by Crippen LogP contribution is -2.10. The molecule has 0 spiro atoms. The summed E-state index contributed by atoms with van der Waals surface area (Å²) in [6.45, 7) is 12.6.